The lowest BCUT2D eigenvalue weighted by atomic mass is 9.92. The highest BCUT2D eigenvalue weighted by atomic mass is 16.1. The van der Waals surface area contributed by atoms with Crippen LogP contribution < -0.4 is 10.2 Å². The Hall–Kier alpha value is -1.55. The fraction of sp³-hybridized carbons (Fsp3) is 0.632. The van der Waals surface area contributed by atoms with Gasteiger partial charge in [0.1, 0.15) is 0 Å². The summed E-state index contributed by atoms with van der Waals surface area (Å²) >= 11 is 0. The third-order valence-corrected chi connectivity index (χ3v) is 4.48. The molecule has 1 aromatic carbocycles. The van der Waals surface area contributed by atoms with Crippen LogP contribution in [0.3, 0.4) is 0 Å². The molecule has 3 atom stereocenters. The van der Waals surface area contributed by atoms with Crippen molar-refractivity contribution >= 4 is 11.6 Å². The summed E-state index contributed by atoms with van der Waals surface area (Å²) in [6.45, 7) is 9.93. The first-order chi connectivity index (χ1) is 10.8. The number of hydrogen-bond donors (Lipinski definition) is 1. The van der Waals surface area contributed by atoms with E-state index < -0.39 is 0 Å². The second-order valence-electron chi connectivity index (χ2n) is 7.48. The predicted octanol–water partition coefficient (Wildman–Crippen LogP) is 2.85. The Morgan fingerprint density at radius 3 is 2.57 bits per heavy atom. The van der Waals surface area contributed by atoms with Gasteiger partial charge in [0, 0.05) is 51.0 Å². The maximum Gasteiger partial charge on any atom is 0.251 e. The molecule has 1 aromatic rings. The van der Waals surface area contributed by atoms with Crippen LogP contribution in [0.15, 0.2) is 24.3 Å². The van der Waals surface area contributed by atoms with Crippen LogP contribution in [0.1, 0.15) is 37.6 Å². The Labute approximate surface area is 140 Å². The van der Waals surface area contributed by atoms with Crippen LogP contribution in [0.25, 0.3) is 0 Å². The van der Waals surface area contributed by atoms with Gasteiger partial charge in [0.2, 0.25) is 0 Å². The van der Waals surface area contributed by atoms with Crippen molar-refractivity contribution in [3.63, 3.8) is 0 Å². The number of carbonyl (C=O) groups is 1. The Morgan fingerprint density at radius 2 is 1.96 bits per heavy atom. The number of piperidine rings is 1. The van der Waals surface area contributed by atoms with E-state index in [9.17, 15) is 4.79 Å². The molecule has 23 heavy (non-hydrogen) atoms. The van der Waals surface area contributed by atoms with Gasteiger partial charge in [0.25, 0.3) is 5.91 Å². The number of likely N-dealkylation sites (tertiary alicyclic amines) is 1. The average molecular weight is 317 g/mol. The van der Waals surface area contributed by atoms with Gasteiger partial charge in [-0.25, -0.2) is 0 Å². The van der Waals surface area contributed by atoms with E-state index in [-0.39, 0.29) is 11.9 Å². The van der Waals surface area contributed by atoms with Crippen LogP contribution >= 0.6 is 0 Å². The number of anilines is 1. The summed E-state index contributed by atoms with van der Waals surface area (Å²) in [7, 11) is 3.97. The van der Waals surface area contributed by atoms with Gasteiger partial charge >= 0.3 is 0 Å². The van der Waals surface area contributed by atoms with Gasteiger partial charge in [-0.05, 0) is 43.4 Å². The van der Waals surface area contributed by atoms with Gasteiger partial charge < -0.3 is 15.1 Å². The van der Waals surface area contributed by atoms with Crippen LogP contribution in [0, 0.1) is 11.8 Å². The van der Waals surface area contributed by atoms with E-state index in [4.69, 9.17) is 0 Å². The molecule has 1 fully saturated rings. The van der Waals surface area contributed by atoms with Crippen molar-refractivity contribution in [2.24, 2.45) is 11.8 Å². The zero-order chi connectivity index (χ0) is 17.0. The number of nitrogens with one attached hydrogen (secondary N) is 1. The number of amides is 1. The fourth-order valence-corrected chi connectivity index (χ4v) is 3.61. The lowest BCUT2D eigenvalue weighted by Crippen LogP contribution is -2.47. The van der Waals surface area contributed by atoms with Crippen molar-refractivity contribution in [2.75, 3.05) is 38.6 Å². The smallest absolute Gasteiger partial charge is 0.251 e. The minimum absolute atomic E-state index is 0.0132. The van der Waals surface area contributed by atoms with Crippen molar-refractivity contribution in [3.05, 3.63) is 29.8 Å². The topological polar surface area (TPSA) is 35.6 Å². The molecule has 0 saturated carbocycles. The Morgan fingerprint density at radius 1 is 1.30 bits per heavy atom. The summed E-state index contributed by atoms with van der Waals surface area (Å²) in [5.41, 5.74) is 1.77. The van der Waals surface area contributed by atoms with Crippen LogP contribution in [0.2, 0.25) is 0 Å². The molecule has 0 radical (unpaired) electrons. The summed E-state index contributed by atoms with van der Waals surface area (Å²) in [5, 5.41) is 3.14. The molecule has 4 nitrogen and oxygen atoms in total. The molecule has 2 rings (SSSR count). The first-order valence-corrected chi connectivity index (χ1v) is 8.65. The van der Waals surface area contributed by atoms with E-state index in [0.717, 1.165) is 42.7 Å². The quantitative estimate of drug-likeness (QED) is 0.907. The molecular weight excluding hydrogens is 286 g/mol. The third-order valence-electron chi connectivity index (χ3n) is 4.48. The van der Waals surface area contributed by atoms with Gasteiger partial charge in [-0.1, -0.05) is 19.9 Å². The number of nitrogens with zero attached hydrogens (tertiary/aromatic N) is 2. The molecule has 3 unspecified atom stereocenters. The number of carbonyl (C=O) groups excluding carboxylic acids is 1. The minimum Gasteiger partial charge on any atom is -0.378 e. The summed E-state index contributed by atoms with van der Waals surface area (Å²) in [4.78, 5) is 16.9. The SMILES string of the molecule is CC1CC(C)CN(CC(C)NC(=O)c2cccc(N(C)C)c2)C1. The lowest BCUT2D eigenvalue weighted by molar-refractivity contribution is 0.0905. The van der Waals surface area contributed by atoms with Crippen LogP contribution in [0.5, 0.6) is 0 Å². The Bertz CT molecular complexity index is 519. The average Bonchev–Trinajstić information content (AvgIpc) is 2.46. The fourth-order valence-electron chi connectivity index (χ4n) is 3.61. The van der Waals surface area contributed by atoms with Gasteiger partial charge in [-0.3, -0.25) is 4.79 Å². The normalized spacial score (nSPS) is 23.3. The molecule has 1 aliphatic heterocycles. The van der Waals surface area contributed by atoms with E-state index in [1.54, 1.807) is 0 Å². The zero-order valence-corrected chi connectivity index (χ0v) is 15.2. The van der Waals surface area contributed by atoms with Crippen molar-refractivity contribution in [2.45, 2.75) is 33.2 Å². The summed E-state index contributed by atoms with van der Waals surface area (Å²) < 4.78 is 0. The second-order valence-corrected chi connectivity index (χ2v) is 7.48. The molecule has 0 aliphatic carbocycles. The zero-order valence-electron chi connectivity index (χ0n) is 15.2. The van der Waals surface area contributed by atoms with E-state index in [0.29, 0.717) is 0 Å². The molecule has 128 valence electrons. The monoisotopic (exact) mass is 317 g/mol. The van der Waals surface area contributed by atoms with Gasteiger partial charge in [-0.15, -0.1) is 0 Å². The molecule has 0 aromatic heterocycles. The number of hydrogen-bond acceptors (Lipinski definition) is 3. The molecular formula is C19H31N3O. The van der Waals surface area contributed by atoms with Crippen LogP contribution in [-0.2, 0) is 0 Å². The maximum absolute atomic E-state index is 12.5. The minimum atomic E-state index is 0.0132. The first-order valence-electron chi connectivity index (χ1n) is 8.65. The molecule has 1 amide bonds. The van der Waals surface area contributed by atoms with Gasteiger partial charge in [-0.2, -0.15) is 0 Å². The Kier molecular flexibility index (Phi) is 6.05. The highest BCUT2D eigenvalue weighted by Gasteiger charge is 2.23. The van der Waals surface area contributed by atoms with E-state index >= 15 is 0 Å². The van der Waals surface area contributed by atoms with E-state index in [2.05, 4.69) is 31.0 Å². The second kappa shape index (κ2) is 7.82. The molecule has 0 bridgehead atoms. The summed E-state index contributed by atoms with van der Waals surface area (Å²) in [5.74, 6) is 1.51. The lowest BCUT2D eigenvalue weighted by Gasteiger charge is -2.36. The number of rotatable bonds is 5. The standard InChI is InChI=1S/C19H31N3O/c1-14-9-15(2)12-22(11-14)13-16(3)20-19(23)17-7-6-8-18(10-17)21(4)5/h6-8,10,14-16H,9,11-13H2,1-5H3,(H,20,23). The van der Waals surface area contributed by atoms with E-state index in [1.807, 2.05) is 43.3 Å². The van der Waals surface area contributed by atoms with E-state index in [1.165, 1.54) is 6.42 Å². The highest BCUT2D eigenvalue weighted by molar-refractivity contribution is 5.95. The number of benzene rings is 1. The maximum atomic E-state index is 12.5. The molecule has 0 spiro atoms. The molecule has 1 N–H and O–H groups in total. The van der Waals surface area contributed by atoms with Crippen LogP contribution in [0.4, 0.5) is 5.69 Å². The molecule has 4 heteroatoms. The molecule has 1 heterocycles. The van der Waals surface area contributed by atoms with Crippen molar-refractivity contribution in [1.82, 2.24) is 10.2 Å². The third kappa shape index (κ3) is 5.24. The molecule has 1 aliphatic rings. The van der Waals surface area contributed by atoms with Crippen molar-refractivity contribution < 1.29 is 4.79 Å². The summed E-state index contributed by atoms with van der Waals surface area (Å²) in [6.07, 6.45) is 1.31. The highest BCUT2D eigenvalue weighted by Crippen LogP contribution is 2.21. The van der Waals surface area contributed by atoms with Crippen molar-refractivity contribution in [1.29, 1.82) is 0 Å². The van der Waals surface area contributed by atoms with Gasteiger partial charge in [0.15, 0.2) is 0 Å². The summed E-state index contributed by atoms with van der Waals surface area (Å²) in [6, 6.07) is 7.91. The van der Waals surface area contributed by atoms with Gasteiger partial charge in [0.05, 0.1) is 0 Å². The largest absolute Gasteiger partial charge is 0.378 e. The predicted molar refractivity (Wildman–Crippen MR) is 97.1 cm³/mol. The molecule has 1 saturated heterocycles. The van der Waals surface area contributed by atoms with Crippen LogP contribution in [-0.4, -0.2) is 50.6 Å². The first kappa shape index (κ1) is 17.8. The Balaban J connectivity index is 1.90. The van der Waals surface area contributed by atoms with Crippen molar-refractivity contribution in [3.8, 4) is 0 Å².